The zero-order valence-electron chi connectivity index (χ0n) is 21.3. The van der Waals surface area contributed by atoms with Gasteiger partial charge in [-0.3, -0.25) is 19.3 Å². The third-order valence-corrected chi connectivity index (χ3v) is 7.46. The zero-order valence-corrected chi connectivity index (χ0v) is 21.3. The van der Waals surface area contributed by atoms with E-state index in [1.54, 1.807) is 0 Å². The lowest BCUT2D eigenvalue weighted by atomic mass is 10.0. The summed E-state index contributed by atoms with van der Waals surface area (Å²) < 4.78 is 0. The standard InChI is InChI=1S/C29H38N4O4/c30-23(17-21-9-3-1-4-10-21)19-27(34)31-25(18-22-11-5-2-6-12-22)28(35)33-16-7-13-24(33)20-32-15-8-14-26(32)29(36)37/h1-6,9-12,23-26H,7-8,13-20,30H2,(H,31,34)(H,36,37)/t23-,24-,25-,26+/m0/s1. The molecule has 0 aromatic heterocycles. The molecule has 2 aliphatic rings. The van der Waals surface area contributed by atoms with E-state index in [2.05, 4.69) is 5.32 Å². The van der Waals surface area contributed by atoms with E-state index in [-0.39, 0.29) is 30.3 Å². The van der Waals surface area contributed by atoms with Crippen LogP contribution < -0.4 is 11.1 Å². The van der Waals surface area contributed by atoms with Gasteiger partial charge in [-0.25, -0.2) is 0 Å². The minimum atomic E-state index is -0.797. The molecule has 2 aromatic carbocycles. The molecule has 37 heavy (non-hydrogen) atoms. The van der Waals surface area contributed by atoms with Crippen LogP contribution in [0.1, 0.15) is 43.2 Å². The average Bonchev–Trinajstić information content (AvgIpc) is 3.54. The maximum absolute atomic E-state index is 13.8. The molecule has 0 unspecified atom stereocenters. The Morgan fingerprint density at radius 1 is 0.919 bits per heavy atom. The van der Waals surface area contributed by atoms with Crippen molar-refractivity contribution in [3.8, 4) is 0 Å². The van der Waals surface area contributed by atoms with Crippen LogP contribution in [0.15, 0.2) is 60.7 Å². The van der Waals surface area contributed by atoms with Crippen molar-refractivity contribution in [3.63, 3.8) is 0 Å². The molecule has 8 nitrogen and oxygen atoms in total. The Morgan fingerprint density at radius 2 is 1.54 bits per heavy atom. The van der Waals surface area contributed by atoms with Gasteiger partial charge in [0.05, 0.1) is 0 Å². The number of carboxylic acids is 1. The van der Waals surface area contributed by atoms with Crippen LogP contribution in [0.25, 0.3) is 0 Å². The number of likely N-dealkylation sites (tertiary alicyclic amines) is 2. The van der Waals surface area contributed by atoms with Crippen LogP contribution in [0.5, 0.6) is 0 Å². The number of hydrogen-bond acceptors (Lipinski definition) is 5. The molecule has 8 heteroatoms. The lowest BCUT2D eigenvalue weighted by Crippen LogP contribution is -2.54. The molecule has 0 aliphatic carbocycles. The number of hydrogen-bond donors (Lipinski definition) is 3. The van der Waals surface area contributed by atoms with Gasteiger partial charge in [0.25, 0.3) is 0 Å². The molecule has 4 N–H and O–H groups in total. The third kappa shape index (κ3) is 7.40. The topological polar surface area (TPSA) is 116 Å². The van der Waals surface area contributed by atoms with Crippen LogP contribution in [-0.2, 0) is 27.2 Å². The summed E-state index contributed by atoms with van der Waals surface area (Å²) in [6.45, 7) is 1.90. The van der Waals surface area contributed by atoms with Gasteiger partial charge in [-0.15, -0.1) is 0 Å². The monoisotopic (exact) mass is 506 g/mol. The third-order valence-electron chi connectivity index (χ3n) is 7.46. The van der Waals surface area contributed by atoms with Gasteiger partial charge in [0.1, 0.15) is 12.1 Å². The predicted molar refractivity (Wildman–Crippen MR) is 142 cm³/mol. The van der Waals surface area contributed by atoms with E-state index < -0.39 is 18.1 Å². The number of nitrogens with zero attached hydrogens (tertiary/aromatic N) is 2. The van der Waals surface area contributed by atoms with Crippen LogP contribution in [-0.4, -0.2) is 76.5 Å². The molecule has 4 atom stereocenters. The number of amides is 2. The molecule has 2 saturated heterocycles. The van der Waals surface area contributed by atoms with Crippen molar-refractivity contribution < 1.29 is 19.5 Å². The maximum atomic E-state index is 13.8. The number of benzene rings is 2. The van der Waals surface area contributed by atoms with Crippen molar-refractivity contribution in [3.05, 3.63) is 71.8 Å². The van der Waals surface area contributed by atoms with E-state index in [1.807, 2.05) is 70.5 Å². The molecule has 0 spiro atoms. The lowest BCUT2D eigenvalue weighted by molar-refractivity contribution is -0.142. The quantitative estimate of drug-likeness (QED) is 0.430. The van der Waals surface area contributed by atoms with Crippen LogP contribution in [0.4, 0.5) is 0 Å². The molecular weight excluding hydrogens is 468 g/mol. The number of nitrogens with one attached hydrogen (secondary N) is 1. The average molecular weight is 507 g/mol. The fourth-order valence-electron chi connectivity index (χ4n) is 5.64. The Morgan fingerprint density at radius 3 is 2.19 bits per heavy atom. The van der Waals surface area contributed by atoms with Gasteiger partial charge in [-0.05, 0) is 49.8 Å². The Bertz CT molecular complexity index is 1050. The highest BCUT2D eigenvalue weighted by atomic mass is 16.4. The molecule has 2 heterocycles. The fraction of sp³-hybridized carbons (Fsp3) is 0.483. The van der Waals surface area contributed by atoms with Crippen molar-refractivity contribution in [1.29, 1.82) is 0 Å². The first-order chi connectivity index (χ1) is 17.9. The molecule has 0 saturated carbocycles. The summed E-state index contributed by atoms with van der Waals surface area (Å²) in [5.41, 5.74) is 8.31. The second-order valence-electron chi connectivity index (χ2n) is 10.3. The summed E-state index contributed by atoms with van der Waals surface area (Å²) in [4.78, 5) is 42.3. The highest BCUT2D eigenvalue weighted by Gasteiger charge is 2.38. The van der Waals surface area contributed by atoms with E-state index >= 15 is 0 Å². The maximum Gasteiger partial charge on any atom is 0.320 e. The summed E-state index contributed by atoms with van der Waals surface area (Å²) in [6.07, 6.45) is 4.31. The van der Waals surface area contributed by atoms with Gasteiger partial charge in [0, 0.05) is 38.0 Å². The molecular formula is C29H38N4O4. The van der Waals surface area contributed by atoms with Gasteiger partial charge in [0.2, 0.25) is 11.8 Å². The number of carboxylic acid groups (broad SMARTS) is 1. The van der Waals surface area contributed by atoms with Crippen LogP contribution in [0.3, 0.4) is 0 Å². The summed E-state index contributed by atoms with van der Waals surface area (Å²) >= 11 is 0. The SMILES string of the molecule is N[C@H](CC(=O)N[C@@H](Cc1ccccc1)C(=O)N1CCC[C@H]1CN1CCC[C@@H]1C(=O)O)Cc1ccccc1. The van der Waals surface area contributed by atoms with Gasteiger partial charge < -0.3 is 21.1 Å². The highest BCUT2D eigenvalue weighted by molar-refractivity contribution is 5.88. The van der Waals surface area contributed by atoms with Crippen LogP contribution in [0.2, 0.25) is 0 Å². The molecule has 0 radical (unpaired) electrons. The Labute approximate surface area is 218 Å². The molecule has 2 aromatic rings. The zero-order chi connectivity index (χ0) is 26.2. The summed E-state index contributed by atoms with van der Waals surface area (Å²) in [5.74, 6) is -1.14. The summed E-state index contributed by atoms with van der Waals surface area (Å²) in [5, 5.41) is 12.6. The number of rotatable bonds is 11. The van der Waals surface area contributed by atoms with E-state index in [9.17, 15) is 19.5 Å². The number of carbonyl (C=O) groups is 3. The van der Waals surface area contributed by atoms with E-state index in [0.29, 0.717) is 32.4 Å². The van der Waals surface area contributed by atoms with E-state index in [4.69, 9.17) is 5.73 Å². The van der Waals surface area contributed by atoms with Crippen molar-refractivity contribution in [2.45, 2.75) is 69.1 Å². The van der Waals surface area contributed by atoms with Gasteiger partial charge in [0.15, 0.2) is 0 Å². The first kappa shape index (κ1) is 26.8. The first-order valence-electron chi connectivity index (χ1n) is 13.3. The van der Waals surface area contributed by atoms with Crippen molar-refractivity contribution >= 4 is 17.8 Å². The second kappa shape index (κ2) is 12.8. The number of nitrogens with two attached hydrogens (primary N) is 1. The first-order valence-corrected chi connectivity index (χ1v) is 13.3. The van der Waals surface area contributed by atoms with Gasteiger partial charge in [-0.2, -0.15) is 0 Å². The molecule has 4 rings (SSSR count). The summed E-state index contributed by atoms with van der Waals surface area (Å²) in [7, 11) is 0. The minimum Gasteiger partial charge on any atom is -0.480 e. The Balaban J connectivity index is 1.42. The predicted octanol–water partition coefficient (Wildman–Crippen LogP) is 2.21. The second-order valence-corrected chi connectivity index (χ2v) is 10.3. The van der Waals surface area contributed by atoms with E-state index in [0.717, 1.165) is 36.9 Å². The van der Waals surface area contributed by atoms with Crippen molar-refractivity contribution in [2.75, 3.05) is 19.6 Å². The summed E-state index contributed by atoms with van der Waals surface area (Å²) in [6, 6.07) is 17.9. The molecule has 2 fully saturated rings. The van der Waals surface area contributed by atoms with Gasteiger partial charge >= 0.3 is 5.97 Å². The van der Waals surface area contributed by atoms with Crippen molar-refractivity contribution in [2.24, 2.45) is 5.73 Å². The van der Waals surface area contributed by atoms with Crippen LogP contribution >= 0.6 is 0 Å². The molecule has 0 bridgehead atoms. The molecule has 2 aliphatic heterocycles. The van der Waals surface area contributed by atoms with E-state index in [1.165, 1.54) is 0 Å². The smallest absolute Gasteiger partial charge is 0.320 e. The Kier molecular flexibility index (Phi) is 9.30. The van der Waals surface area contributed by atoms with Crippen LogP contribution in [0, 0.1) is 0 Å². The minimum absolute atomic E-state index is 0.0528. The number of aliphatic carboxylic acids is 1. The lowest BCUT2D eigenvalue weighted by Gasteiger charge is -2.33. The largest absolute Gasteiger partial charge is 0.480 e. The fourth-order valence-corrected chi connectivity index (χ4v) is 5.64. The van der Waals surface area contributed by atoms with Gasteiger partial charge in [-0.1, -0.05) is 60.7 Å². The number of carbonyl (C=O) groups excluding carboxylic acids is 2. The normalized spacial score (nSPS) is 21.5. The highest BCUT2D eigenvalue weighted by Crippen LogP contribution is 2.25. The Hall–Kier alpha value is -3.23. The molecule has 198 valence electrons. The van der Waals surface area contributed by atoms with Crippen molar-refractivity contribution in [1.82, 2.24) is 15.1 Å². The molecule has 2 amide bonds.